The molecular formula is C15H17N3O5. The molecule has 1 saturated heterocycles. The Morgan fingerprint density at radius 1 is 1.35 bits per heavy atom. The van der Waals surface area contributed by atoms with E-state index in [2.05, 4.69) is 9.97 Å². The van der Waals surface area contributed by atoms with Crippen LogP contribution in [-0.2, 0) is 16.0 Å². The summed E-state index contributed by atoms with van der Waals surface area (Å²) in [6.07, 6.45) is 4.89. The monoisotopic (exact) mass is 319 g/mol. The van der Waals surface area contributed by atoms with Crippen LogP contribution in [0.4, 0.5) is 0 Å². The molecule has 0 amide bonds. The first-order valence-corrected chi connectivity index (χ1v) is 7.59. The predicted octanol–water partition coefficient (Wildman–Crippen LogP) is 1.79. The molecular weight excluding hydrogens is 302 g/mol. The van der Waals surface area contributed by atoms with Crippen LogP contribution in [0.3, 0.4) is 0 Å². The number of carboxylic acid groups (broad SMARTS) is 1. The van der Waals surface area contributed by atoms with Gasteiger partial charge in [-0.25, -0.2) is 9.78 Å². The van der Waals surface area contributed by atoms with E-state index < -0.39 is 12.0 Å². The summed E-state index contributed by atoms with van der Waals surface area (Å²) >= 11 is 0. The number of aromatic nitrogens is 3. The lowest BCUT2D eigenvalue weighted by Crippen LogP contribution is -2.19. The number of nitrogens with zero attached hydrogens (tertiary/aromatic N) is 2. The van der Waals surface area contributed by atoms with Gasteiger partial charge in [0.2, 0.25) is 11.8 Å². The zero-order valence-electron chi connectivity index (χ0n) is 12.3. The number of aromatic amines is 1. The van der Waals surface area contributed by atoms with Gasteiger partial charge < -0.3 is 25.0 Å². The lowest BCUT2D eigenvalue weighted by molar-refractivity contribution is -0.141. The molecule has 2 aliphatic rings. The van der Waals surface area contributed by atoms with Crippen LogP contribution in [0.1, 0.15) is 54.3 Å². The van der Waals surface area contributed by atoms with Gasteiger partial charge in [-0.2, -0.15) is 0 Å². The summed E-state index contributed by atoms with van der Waals surface area (Å²) in [5.41, 5.74) is 1.90. The van der Waals surface area contributed by atoms with Crippen molar-refractivity contribution in [3.05, 3.63) is 29.3 Å². The predicted molar refractivity (Wildman–Crippen MR) is 77.1 cm³/mol. The Bertz CT molecular complexity index is 718. The fourth-order valence-corrected chi connectivity index (χ4v) is 3.67. The summed E-state index contributed by atoms with van der Waals surface area (Å²) in [6, 6.07) is -1.05. The molecule has 4 rings (SSSR count). The van der Waals surface area contributed by atoms with Crippen LogP contribution in [0.25, 0.3) is 0 Å². The number of aliphatic carboxylic acids is 1. The minimum Gasteiger partial charge on any atom is -0.494 e. The molecule has 4 N–H and O–H groups in total. The highest BCUT2D eigenvalue weighted by molar-refractivity contribution is 5.73. The largest absolute Gasteiger partial charge is 0.494 e. The van der Waals surface area contributed by atoms with E-state index in [-0.39, 0.29) is 30.4 Å². The van der Waals surface area contributed by atoms with Crippen LogP contribution in [0, 0.1) is 0 Å². The van der Waals surface area contributed by atoms with Gasteiger partial charge in [0, 0.05) is 11.9 Å². The number of imidazole rings is 1. The number of carboxylic acids is 1. The molecule has 23 heavy (non-hydrogen) atoms. The fourth-order valence-electron chi connectivity index (χ4n) is 3.67. The highest BCUT2D eigenvalue weighted by Crippen LogP contribution is 2.58. The third kappa shape index (κ3) is 2.02. The summed E-state index contributed by atoms with van der Waals surface area (Å²) in [4.78, 5) is 18.5. The Labute approximate surface area is 131 Å². The number of rotatable bonds is 5. The van der Waals surface area contributed by atoms with Crippen molar-refractivity contribution in [2.75, 3.05) is 0 Å². The van der Waals surface area contributed by atoms with Crippen molar-refractivity contribution in [1.82, 2.24) is 14.5 Å². The summed E-state index contributed by atoms with van der Waals surface area (Å²) in [7, 11) is 0. The summed E-state index contributed by atoms with van der Waals surface area (Å²) < 4.78 is 6.79. The highest BCUT2D eigenvalue weighted by atomic mass is 16.5. The van der Waals surface area contributed by atoms with E-state index in [0.717, 1.165) is 23.1 Å². The average molecular weight is 319 g/mol. The van der Waals surface area contributed by atoms with Crippen molar-refractivity contribution >= 4 is 5.97 Å². The number of aromatic hydroxyl groups is 2. The Morgan fingerprint density at radius 3 is 2.52 bits per heavy atom. The SMILES string of the molecule is O=C(O)C(CCc1cnc[nH]1)n1c(O)c2c(c1O)[C@H]1CC[C@@H]2O1. The van der Waals surface area contributed by atoms with Gasteiger partial charge >= 0.3 is 5.97 Å². The first-order valence-electron chi connectivity index (χ1n) is 7.59. The maximum atomic E-state index is 11.7. The van der Waals surface area contributed by atoms with Crippen molar-refractivity contribution in [2.45, 2.75) is 43.9 Å². The first-order chi connectivity index (χ1) is 11.1. The molecule has 2 bridgehead atoms. The Balaban J connectivity index is 1.69. The molecule has 0 saturated carbocycles. The van der Waals surface area contributed by atoms with Gasteiger partial charge in [-0.1, -0.05) is 0 Å². The first kappa shape index (κ1) is 14.1. The summed E-state index contributed by atoms with van der Waals surface area (Å²) in [5, 5.41) is 30.5. The molecule has 8 heteroatoms. The number of carbonyl (C=O) groups is 1. The second kappa shape index (κ2) is 5.02. The lowest BCUT2D eigenvalue weighted by atomic mass is 9.95. The van der Waals surface area contributed by atoms with E-state index >= 15 is 0 Å². The molecule has 0 radical (unpaired) electrons. The number of nitrogens with one attached hydrogen (secondary N) is 1. The van der Waals surface area contributed by atoms with Crippen LogP contribution < -0.4 is 0 Å². The van der Waals surface area contributed by atoms with E-state index in [1.807, 2.05) is 0 Å². The van der Waals surface area contributed by atoms with E-state index in [9.17, 15) is 20.1 Å². The van der Waals surface area contributed by atoms with Gasteiger partial charge in [0.25, 0.3) is 0 Å². The zero-order chi connectivity index (χ0) is 16.1. The second-order valence-corrected chi connectivity index (χ2v) is 6.00. The molecule has 2 aromatic heterocycles. The maximum absolute atomic E-state index is 11.7. The molecule has 1 unspecified atom stereocenters. The highest BCUT2D eigenvalue weighted by Gasteiger charge is 2.46. The average Bonchev–Trinajstić information content (AvgIpc) is 3.27. The molecule has 2 aromatic rings. The normalized spacial score (nSPS) is 23.1. The molecule has 122 valence electrons. The Morgan fingerprint density at radius 2 is 2.00 bits per heavy atom. The van der Waals surface area contributed by atoms with Gasteiger partial charge in [-0.05, 0) is 25.7 Å². The summed E-state index contributed by atoms with van der Waals surface area (Å²) in [5.74, 6) is -1.49. The minimum absolute atomic E-state index is 0.193. The van der Waals surface area contributed by atoms with Gasteiger partial charge in [0.15, 0.2) is 0 Å². The van der Waals surface area contributed by atoms with Crippen molar-refractivity contribution in [2.24, 2.45) is 0 Å². The van der Waals surface area contributed by atoms with Gasteiger partial charge in [-0.15, -0.1) is 0 Å². The van der Waals surface area contributed by atoms with Gasteiger partial charge in [-0.3, -0.25) is 4.57 Å². The summed E-state index contributed by atoms with van der Waals surface area (Å²) in [6.45, 7) is 0. The standard InChI is InChI=1S/C15H17N3O5/c19-13-11-9-3-4-10(23-9)12(11)14(20)18(13)8(15(21)22)2-1-7-5-16-6-17-7/h5-6,8-10,19-20H,1-4H2,(H,16,17)(H,21,22)/t8?,9-,10+. The topological polar surface area (TPSA) is 121 Å². The number of fused-ring (bicyclic) bond motifs is 5. The molecule has 0 spiro atoms. The van der Waals surface area contributed by atoms with Crippen molar-refractivity contribution in [1.29, 1.82) is 0 Å². The van der Waals surface area contributed by atoms with Crippen LogP contribution >= 0.6 is 0 Å². The third-order valence-corrected chi connectivity index (χ3v) is 4.73. The van der Waals surface area contributed by atoms with Crippen molar-refractivity contribution < 1.29 is 24.9 Å². The van der Waals surface area contributed by atoms with Crippen LogP contribution in [0.15, 0.2) is 12.5 Å². The quantitative estimate of drug-likeness (QED) is 0.667. The number of ether oxygens (including phenoxy) is 1. The number of hydrogen-bond acceptors (Lipinski definition) is 5. The molecule has 4 heterocycles. The van der Waals surface area contributed by atoms with E-state index in [0.29, 0.717) is 17.5 Å². The minimum atomic E-state index is -1.10. The molecule has 0 aromatic carbocycles. The number of hydrogen-bond donors (Lipinski definition) is 4. The smallest absolute Gasteiger partial charge is 0.326 e. The van der Waals surface area contributed by atoms with Crippen LogP contribution in [0.2, 0.25) is 0 Å². The third-order valence-electron chi connectivity index (χ3n) is 4.73. The van der Waals surface area contributed by atoms with E-state index in [1.165, 1.54) is 6.33 Å². The zero-order valence-corrected chi connectivity index (χ0v) is 12.3. The number of aryl methyl sites for hydroxylation is 1. The molecule has 8 nitrogen and oxygen atoms in total. The van der Waals surface area contributed by atoms with Gasteiger partial charge in [0.05, 0.1) is 29.7 Å². The molecule has 0 aliphatic carbocycles. The molecule has 3 atom stereocenters. The van der Waals surface area contributed by atoms with E-state index in [1.54, 1.807) is 6.20 Å². The molecule has 2 aliphatic heterocycles. The maximum Gasteiger partial charge on any atom is 0.326 e. The van der Waals surface area contributed by atoms with E-state index in [4.69, 9.17) is 4.74 Å². The number of H-pyrrole nitrogens is 1. The van der Waals surface area contributed by atoms with Crippen molar-refractivity contribution in [3.63, 3.8) is 0 Å². The Kier molecular flexibility index (Phi) is 3.08. The Hall–Kier alpha value is -2.48. The molecule has 1 fully saturated rings. The van der Waals surface area contributed by atoms with Gasteiger partial charge in [0.1, 0.15) is 6.04 Å². The van der Waals surface area contributed by atoms with Crippen LogP contribution in [-0.4, -0.2) is 35.8 Å². The van der Waals surface area contributed by atoms with Crippen molar-refractivity contribution in [3.8, 4) is 11.8 Å². The van der Waals surface area contributed by atoms with Crippen LogP contribution in [0.5, 0.6) is 11.8 Å². The lowest BCUT2D eigenvalue weighted by Gasteiger charge is -2.17. The second-order valence-electron chi connectivity index (χ2n) is 6.00. The fraction of sp³-hybridized carbons (Fsp3) is 0.467.